The summed E-state index contributed by atoms with van der Waals surface area (Å²) in [4.78, 5) is 11.5. The Labute approximate surface area is 97.0 Å². The Morgan fingerprint density at radius 2 is 2.06 bits per heavy atom. The topological polar surface area (TPSA) is 69.6 Å². The van der Waals surface area contributed by atoms with Crippen LogP contribution >= 0.6 is 0 Å². The third-order valence-electron chi connectivity index (χ3n) is 3.26. The minimum atomic E-state index is -1.21. The molecule has 0 saturated heterocycles. The summed E-state index contributed by atoms with van der Waals surface area (Å²) >= 11 is 0. The first-order valence-corrected chi connectivity index (χ1v) is 6.13. The largest absolute Gasteiger partial charge is 0.393 e. The number of carbonyl (C=O) groups is 1. The number of aliphatic hydroxyl groups excluding tert-OH is 1. The van der Waals surface area contributed by atoms with Gasteiger partial charge in [0.1, 0.15) is 5.60 Å². The fourth-order valence-corrected chi connectivity index (χ4v) is 2.07. The number of hydrogen-bond donors (Lipinski definition) is 3. The van der Waals surface area contributed by atoms with Crippen LogP contribution in [0.3, 0.4) is 0 Å². The molecule has 0 heterocycles. The van der Waals surface area contributed by atoms with E-state index in [9.17, 15) is 9.90 Å². The maximum absolute atomic E-state index is 11.5. The summed E-state index contributed by atoms with van der Waals surface area (Å²) in [6.45, 7) is 1.28. The number of aliphatic hydroxyl groups is 2. The van der Waals surface area contributed by atoms with Crippen LogP contribution in [0.15, 0.2) is 0 Å². The molecule has 0 bridgehead atoms. The van der Waals surface area contributed by atoms with Crippen LogP contribution in [-0.4, -0.2) is 34.9 Å². The summed E-state index contributed by atoms with van der Waals surface area (Å²) in [5.74, 6) is 0.685. The van der Waals surface area contributed by atoms with Crippen molar-refractivity contribution in [2.75, 3.05) is 13.2 Å². The molecule has 3 N–H and O–H groups in total. The van der Waals surface area contributed by atoms with Crippen molar-refractivity contribution in [1.29, 1.82) is 0 Å². The van der Waals surface area contributed by atoms with E-state index in [1.807, 2.05) is 0 Å². The molecule has 1 atom stereocenters. The third kappa shape index (κ3) is 4.94. The zero-order valence-corrected chi connectivity index (χ0v) is 10.0. The number of amides is 1. The van der Waals surface area contributed by atoms with Crippen LogP contribution in [0.1, 0.15) is 45.4 Å². The Hall–Kier alpha value is -0.610. The second kappa shape index (κ2) is 6.21. The van der Waals surface area contributed by atoms with Gasteiger partial charge in [-0.2, -0.15) is 0 Å². The third-order valence-corrected chi connectivity index (χ3v) is 3.26. The summed E-state index contributed by atoms with van der Waals surface area (Å²) < 4.78 is 0. The van der Waals surface area contributed by atoms with Crippen molar-refractivity contribution in [3.8, 4) is 0 Å². The first-order chi connectivity index (χ1) is 7.53. The highest BCUT2D eigenvalue weighted by molar-refractivity contribution is 5.75. The highest BCUT2D eigenvalue weighted by Gasteiger charge is 2.20. The predicted octanol–water partition coefficient (Wildman–Crippen LogP) is 0.816. The van der Waals surface area contributed by atoms with E-state index in [2.05, 4.69) is 5.32 Å². The Morgan fingerprint density at radius 3 is 2.62 bits per heavy atom. The van der Waals surface area contributed by atoms with E-state index in [4.69, 9.17) is 5.11 Å². The molecule has 0 aromatic rings. The highest BCUT2D eigenvalue weighted by Crippen LogP contribution is 2.28. The molecule has 4 heteroatoms. The molecular weight excluding hydrogens is 206 g/mol. The highest BCUT2D eigenvalue weighted by atomic mass is 16.3. The van der Waals surface area contributed by atoms with Gasteiger partial charge in [-0.05, 0) is 19.3 Å². The number of nitrogens with one attached hydrogen (secondary N) is 1. The van der Waals surface area contributed by atoms with Crippen molar-refractivity contribution in [1.82, 2.24) is 5.32 Å². The van der Waals surface area contributed by atoms with Crippen LogP contribution in [-0.2, 0) is 4.79 Å². The van der Waals surface area contributed by atoms with E-state index in [0.29, 0.717) is 12.3 Å². The van der Waals surface area contributed by atoms with Crippen LogP contribution in [0.2, 0.25) is 0 Å². The second-order valence-electron chi connectivity index (χ2n) is 5.12. The molecule has 1 fully saturated rings. The molecule has 4 nitrogen and oxygen atoms in total. The maximum Gasteiger partial charge on any atom is 0.220 e. The Morgan fingerprint density at radius 1 is 1.44 bits per heavy atom. The Balaban J connectivity index is 2.10. The van der Waals surface area contributed by atoms with Crippen molar-refractivity contribution in [3.63, 3.8) is 0 Å². The first-order valence-electron chi connectivity index (χ1n) is 6.13. The maximum atomic E-state index is 11.5. The van der Waals surface area contributed by atoms with Gasteiger partial charge in [-0.1, -0.05) is 25.7 Å². The molecule has 0 aliphatic heterocycles. The smallest absolute Gasteiger partial charge is 0.220 e. The lowest BCUT2D eigenvalue weighted by molar-refractivity contribution is -0.122. The van der Waals surface area contributed by atoms with E-state index in [0.717, 1.165) is 6.42 Å². The standard InChI is InChI=1S/C12H23NO3/c1-12(16,9-14)8-13-11(15)7-6-10-4-2-3-5-10/h10,14,16H,2-9H2,1H3,(H,13,15). The van der Waals surface area contributed by atoms with Gasteiger partial charge in [0.25, 0.3) is 0 Å². The Kier molecular flexibility index (Phi) is 5.22. The molecule has 0 spiro atoms. The lowest BCUT2D eigenvalue weighted by atomic mass is 10.0. The van der Waals surface area contributed by atoms with Crippen molar-refractivity contribution in [2.24, 2.45) is 5.92 Å². The minimum absolute atomic E-state index is 0.0272. The summed E-state index contributed by atoms with van der Waals surface area (Å²) in [7, 11) is 0. The number of rotatable bonds is 6. The minimum Gasteiger partial charge on any atom is -0.393 e. The molecule has 1 aliphatic carbocycles. The van der Waals surface area contributed by atoms with Crippen LogP contribution in [0.5, 0.6) is 0 Å². The molecule has 1 rings (SSSR count). The van der Waals surface area contributed by atoms with E-state index < -0.39 is 5.60 Å². The summed E-state index contributed by atoms with van der Waals surface area (Å²) in [5.41, 5.74) is -1.21. The monoisotopic (exact) mass is 229 g/mol. The van der Waals surface area contributed by atoms with E-state index in [1.165, 1.54) is 32.6 Å². The van der Waals surface area contributed by atoms with Crippen LogP contribution in [0, 0.1) is 5.92 Å². The second-order valence-corrected chi connectivity index (χ2v) is 5.12. The van der Waals surface area contributed by atoms with Crippen molar-refractivity contribution in [2.45, 2.75) is 51.0 Å². The molecule has 16 heavy (non-hydrogen) atoms. The van der Waals surface area contributed by atoms with Gasteiger partial charge in [-0.3, -0.25) is 4.79 Å². The number of carbonyl (C=O) groups excluding carboxylic acids is 1. The molecule has 94 valence electrons. The normalized spacial score (nSPS) is 20.7. The van der Waals surface area contributed by atoms with Gasteiger partial charge >= 0.3 is 0 Å². The van der Waals surface area contributed by atoms with Gasteiger partial charge in [0, 0.05) is 13.0 Å². The average molecular weight is 229 g/mol. The quantitative estimate of drug-likeness (QED) is 0.631. The summed E-state index contributed by atoms with van der Waals surface area (Å²) in [5, 5.41) is 20.9. The fourth-order valence-electron chi connectivity index (χ4n) is 2.07. The molecule has 0 aromatic heterocycles. The van der Waals surface area contributed by atoms with Gasteiger partial charge in [-0.25, -0.2) is 0 Å². The van der Waals surface area contributed by atoms with Gasteiger partial charge in [0.2, 0.25) is 5.91 Å². The van der Waals surface area contributed by atoms with E-state index in [-0.39, 0.29) is 19.1 Å². The molecule has 1 amide bonds. The fraction of sp³-hybridized carbons (Fsp3) is 0.917. The predicted molar refractivity (Wildman–Crippen MR) is 61.9 cm³/mol. The van der Waals surface area contributed by atoms with Gasteiger partial charge in [0.05, 0.1) is 6.61 Å². The molecule has 0 radical (unpaired) electrons. The van der Waals surface area contributed by atoms with Crippen molar-refractivity contribution in [3.05, 3.63) is 0 Å². The molecule has 1 saturated carbocycles. The van der Waals surface area contributed by atoms with E-state index >= 15 is 0 Å². The number of hydrogen-bond acceptors (Lipinski definition) is 3. The molecular formula is C12H23NO3. The Bertz CT molecular complexity index is 222. The lowest BCUT2D eigenvalue weighted by Crippen LogP contribution is -2.43. The van der Waals surface area contributed by atoms with Gasteiger partial charge < -0.3 is 15.5 Å². The summed E-state index contributed by atoms with van der Waals surface area (Å²) in [6.07, 6.45) is 6.58. The molecule has 1 aliphatic rings. The van der Waals surface area contributed by atoms with Crippen molar-refractivity contribution < 1.29 is 15.0 Å². The molecule has 0 aromatic carbocycles. The first kappa shape index (κ1) is 13.5. The SMILES string of the molecule is CC(O)(CO)CNC(=O)CCC1CCCC1. The van der Waals surface area contributed by atoms with Gasteiger partial charge in [0.15, 0.2) is 0 Å². The van der Waals surface area contributed by atoms with E-state index in [1.54, 1.807) is 0 Å². The zero-order chi connectivity index (χ0) is 12.0. The zero-order valence-electron chi connectivity index (χ0n) is 10.0. The summed E-state index contributed by atoms with van der Waals surface area (Å²) in [6, 6.07) is 0. The van der Waals surface area contributed by atoms with Crippen LogP contribution in [0.25, 0.3) is 0 Å². The van der Waals surface area contributed by atoms with Crippen LogP contribution < -0.4 is 5.32 Å². The van der Waals surface area contributed by atoms with Gasteiger partial charge in [-0.15, -0.1) is 0 Å². The molecule has 1 unspecified atom stereocenters. The van der Waals surface area contributed by atoms with Crippen molar-refractivity contribution >= 4 is 5.91 Å². The lowest BCUT2D eigenvalue weighted by Gasteiger charge is -2.20. The van der Waals surface area contributed by atoms with Crippen LogP contribution in [0.4, 0.5) is 0 Å². The average Bonchev–Trinajstić information content (AvgIpc) is 2.76.